The molecule has 1 aliphatic carbocycles. The molecule has 0 atom stereocenters. The van der Waals surface area contributed by atoms with Crippen molar-refractivity contribution in [3.05, 3.63) is 36.5 Å². The van der Waals surface area contributed by atoms with Gasteiger partial charge in [0.1, 0.15) is 0 Å². The fourth-order valence-corrected chi connectivity index (χ4v) is 4.01. The molecule has 0 saturated heterocycles. The summed E-state index contributed by atoms with van der Waals surface area (Å²) in [6.45, 7) is 0. The number of hydrogen-bond donors (Lipinski definition) is 0. The van der Waals surface area contributed by atoms with Gasteiger partial charge in [0.2, 0.25) is 0 Å². The van der Waals surface area contributed by atoms with Crippen LogP contribution >= 0.6 is 0 Å². The fourth-order valence-electron chi connectivity index (χ4n) is 4.01. The van der Waals surface area contributed by atoms with Crippen molar-refractivity contribution in [2.75, 3.05) is 0 Å². The summed E-state index contributed by atoms with van der Waals surface area (Å²) in [4.78, 5) is 0. The Morgan fingerprint density at radius 1 is 0.222 bits per heavy atom. The van der Waals surface area contributed by atoms with E-state index in [0.717, 1.165) is 0 Å². The fraction of sp³-hybridized carbons (Fsp3) is 0.778. The largest absolute Gasteiger partial charge is 0.0845 e. The van der Waals surface area contributed by atoms with Crippen molar-refractivity contribution in [3.63, 3.8) is 0 Å². The minimum absolute atomic E-state index is 1.24. The second-order valence-corrected chi connectivity index (χ2v) is 8.54. The molecule has 0 aromatic carbocycles. The number of rotatable bonds is 0. The Hall–Kier alpha value is -0.780. The first-order valence-corrected chi connectivity index (χ1v) is 12.5. The van der Waals surface area contributed by atoms with E-state index >= 15 is 0 Å². The quantitative estimate of drug-likeness (QED) is 0.397. The molecule has 27 heavy (non-hydrogen) atoms. The molecule has 0 nitrogen and oxygen atoms in total. The van der Waals surface area contributed by atoms with Gasteiger partial charge in [-0.25, -0.2) is 0 Å². The number of hydrogen-bond acceptors (Lipinski definition) is 0. The van der Waals surface area contributed by atoms with Crippen LogP contribution in [0.25, 0.3) is 0 Å². The highest BCUT2D eigenvalue weighted by Gasteiger charge is 1.95. The average Bonchev–Trinajstić information content (AvgIpc) is 2.68. The van der Waals surface area contributed by atoms with E-state index in [2.05, 4.69) is 36.5 Å². The Morgan fingerprint density at radius 2 is 0.444 bits per heavy atom. The Labute approximate surface area is 171 Å². The predicted octanol–water partition coefficient (Wildman–Crippen LogP) is 9.86. The summed E-state index contributed by atoms with van der Waals surface area (Å²) >= 11 is 0. The van der Waals surface area contributed by atoms with E-state index in [1.165, 1.54) is 135 Å². The van der Waals surface area contributed by atoms with E-state index in [1.807, 2.05) is 0 Å². The van der Waals surface area contributed by atoms with Gasteiger partial charge in [-0.05, 0) is 25.7 Å². The lowest BCUT2D eigenvalue weighted by Crippen LogP contribution is -1.84. The molecule has 0 bridgehead atoms. The van der Waals surface area contributed by atoms with Crippen LogP contribution in [0.2, 0.25) is 0 Å². The number of allylic oxidation sites excluding steroid dienone is 6. The minimum Gasteiger partial charge on any atom is -0.0845 e. The second-order valence-electron chi connectivity index (χ2n) is 8.54. The molecular weight excluding hydrogens is 324 g/mol. The van der Waals surface area contributed by atoms with Crippen LogP contribution in [0.5, 0.6) is 0 Å². The molecule has 1 rings (SSSR count). The second kappa shape index (κ2) is 21.5. The molecule has 0 aromatic rings. The Kier molecular flexibility index (Phi) is 19.3. The molecule has 1 aliphatic rings. The monoisotopic (exact) mass is 372 g/mol. The average molecular weight is 373 g/mol. The van der Waals surface area contributed by atoms with Gasteiger partial charge in [-0.1, -0.05) is 146 Å². The molecule has 0 N–H and O–H groups in total. The highest BCUT2D eigenvalue weighted by atomic mass is 14.0. The third-order valence-corrected chi connectivity index (χ3v) is 5.85. The molecule has 0 radical (unpaired) electrons. The van der Waals surface area contributed by atoms with Crippen LogP contribution in [0.4, 0.5) is 0 Å². The van der Waals surface area contributed by atoms with E-state index in [-0.39, 0.29) is 0 Å². The van der Waals surface area contributed by atoms with E-state index < -0.39 is 0 Å². The molecule has 0 aromatic heterocycles. The van der Waals surface area contributed by atoms with Crippen LogP contribution in [-0.4, -0.2) is 0 Å². The summed E-state index contributed by atoms with van der Waals surface area (Å²) in [5, 5.41) is 0. The van der Waals surface area contributed by atoms with Gasteiger partial charge in [0.05, 0.1) is 0 Å². The lowest BCUT2D eigenvalue weighted by molar-refractivity contribution is 0.522. The molecule has 0 fully saturated rings. The van der Waals surface area contributed by atoms with Crippen molar-refractivity contribution in [2.24, 2.45) is 0 Å². The van der Waals surface area contributed by atoms with E-state index in [1.54, 1.807) is 0 Å². The van der Waals surface area contributed by atoms with E-state index in [0.29, 0.717) is 0 Å². The van der Waals surface area contributed by atoms with Crippen LogP contribution in [0.15, 0.2) is 36.5 Å². The zero-order valence-corrected chi connectivity index (χ0v) is 18.3. The first-order chi connectivity index (χ1) is 13.5. The van der Waals surface area contributed by atoms with Crippen molar-refractivity contribution in [1.82, 2.24) is 0 Å². The van der Waals surface area contributed by atoms with Crippen molar-refractivity contribution in [3.8, 4) is 0 Å². The lowest BCUT2D eigenvalue weighted by Gasteiger charge is -2.04. The first kappa shape index (κ1) is 24.3. The maximum atomic E-state index is 2.33. The van der Waals surface area contributed by atoms with E-state index in [9.17, 15) is 0 Å². The van der Waals surface area contributed by atoms with Crippen LogP contribution in [0, 0.1) is 0 Å². The zero-order chi connectivity index (χ0) is 19.1. The third-order valence-electron chi connectivity index (χ3n) is 5.85. The molecule has 156 valence electrons. The van der Waals surface area contributed by atoms with Crippen molar-refractivity contribution in [2.45, 2.75) is 135 Å². The van der Waals surface area contributed by atoms with Gasteiger partial charge in [-0.15, -0.1) is 0 Å². The summed E-state index contributed by atoms with van der Waals surface area (Å²) in [5.41, 5.74) is 0. The molecule has 0 unspecified atom stereocenters. The Bertz CT molecular complexity index is 326. The van der Waals surface area contributed by atoms with E-state index in [4.69, 9.17) is 0 Å². The summed E-state index contributed by atoms with van der Waals surface area (Å²) in [6.07, 6.45) is 43.5. The van der Waals surface area contributed by atoms with Crippen LogP contribution in [0.1, 0.15) is 135 Å². The zero-order valence-electron chi connectivity index (χ0n) is 18.3. The van der Waals surface area contributed by atoms with Crippen LogP contribution < -0.4 is 0 Å². The van der Waals surface area contributed by atoms with Gasteiger partial charge in [0.15, 0.2) is 0 Å². The van der Waals surface area contributed by atoms with Gasteiger partial charge < -0.3 is 0 Å². The van der Waals surface area contributed by atoms with Crippen molar-refractivity contribution < 1.29 is 0 Å². The van der Waals surface area contributed by atoms with Gasteiger partial charge in [-0.3, -0.25) is 0 Å². The normalized spacial score (nSPS) is 22.2. The molecule has 0 heterocycles. The van der Waals surface area contributed by atoms with Gasteiger partial charge in [0, 0.05) is 0 Å². The summed E-state index contributed by atoms with van der Waals surface area (Å²) < 4.78 is 0. The minimum atomic E-state index is 1.24. The molecular formula is C27H48. The summed E-state index contributed by atoms with van der Waals surface area (Å²) in [7, 11) is 0. The highest BCUT2D eigenvalue weighted by Crippen LogP contribution is 2.15. The summed E-state index contributed by atoms with van der Waals surface area (Å²) in [6, 6.07) is 0. The molecule has 0 amide bonds. The molecule has 0 heteroatoms. The van der Waals surface area contributed by atoms with Crippen LogP contribution in [0.3, 0.4) is 0 Å². The molecule has 0 saturated carbocycles. The lowest BCUT2D eigenvalue weighted by atomic mass is 10.0. The van der Waals surface area contributed by atoms with Crippen molar-refractivity contribution >= 4 is 0 Å². The maximum Gasteiger partial charge on any atom is -0.0348 e. The van der Waals surface area contributed by atoms with Gasteiger partial charge in [0.25, 0.3) is 0 Å². The summed E-state index contributed by atoms with van der Waals surface area (Å²) in [5.74, 6) is 0. The predicted molar refractivity (Wildman–Crippen MR) is 124 cm³/mol. The third kappa shape index (κ3) is 19.8. The first-order valence-electron chi connectivity index (χ1n) is 12.5. The highest BCUT2D eigenvalue weighted by molar-refractivity contribution is 5.10. The van der Waals surface area contributed by atoms with Crippen molar-refractivity contribution in [1.29, 1.82) is 0 Å². The SMILES string of the molecule is C1=CC=CCCCCCCCCCCCCCCCCCCCCCC=C1. The Balaban J connectivity index is 2.13. The van der Waals surface area contributed by atoms with Gasteiger partial charge in [-0.2, -0.15) is 0 Å². The standard InChI is InChI=1S/C27H48/c1-2-4-6-8-10-12-14-16-18-20-22-24-26-27-25-23-21-19-17-15-13-11-9-7-5-3-1/h1-6H,7-27H2. The van der Waals surface area contributed by atoms with Gasteiger partial charge >= 0.3 is 0 Å². The molecule has 0 aliphatic heterocycles. The maximum absolute atomic E-state index is 2.33. The topological polar surface area (TPSA) is 0 Å². The Morgan fingerprint density at radius 3 is 0.704 bits per heavy atom. The smallest absolute Gasteiger partial charge is 0.0348 e. The van der Waals surface area contributed by atoms with Crippen LogP contribution in [-0.2, 0) is 0 Å². The molecule has 0 spiro atoms.